The Kier molecular flexibility index (Phi) is 6.14. The van der Waals surface area contributed by atoms with Crippen molar-refractivity contribution in [3.8, 4) is 11.5 Å². The number of benzene rings is 1. The molecule has 0 radical (unpaired) electrons. The van der Waals surface area contributed by atoms with E-state index in [0.29, 0.717) is 5.92 Å². The molecule has 2 atom stereocenters. The molecule has 0 bridgehead atoms. The van der Waals surface area contributed by atoms with Gasteiger partial charge in [-0.25, -0.2) is 4.98 Å². The summed E-state index contributed by atoms with van der Waals surface area (Å²) in [6.07, 6.45) is 2.29. The van der Waals surface area contributed by atoms with Crippen molar-refractivity contribution < 1.29 is 13.2 Å². The van der Waals surface area contributed by atoms with Crippen molar-refractivity contribution in [2.45, 2.75) is 43.4 Å². The van der Waals surface area contributed by atoms with Gasteiger partial charge in [0.15, 0.2) is 11.0 Å². The van der Waals surface area contributed by atoms with Gasteiger partial charge >= 0.3 is 6.18 Å². The average Bonchev–Trinajstić information content (AvgIpc) is 3.16. The highest BCUT2D eigenvalue weighted by Gasteiger charge is 2.57. The van der Waals surface area contributed by atoms with Crippen LogP contribution in [0.5, 0.6) is 0 Å². The second-order valence-corrected chi connectivity index (χ2v) is 10.4. The molecule has 6 nitrogen and oxygen atoms in total. The van der Waals surface area contributed by atoms with Crippen LogP contribution in [-0.2, 0) is 13.2 Å². The fourth-order valence-corrected chi connectivity index (χ4v) is 5.91. The van der Waals surface area contributed by atoms with E-state index in [2.05, 4.69) is 25.1 Å². The Morgan fingerprint density at radius 3 is 2.62 bits per heavy atom. The standard InChI is InChI=1S/C24H27F3N6S/c1-16-20(29-10-9-28-16)21-30-31-22(32(21)2)34-13-3-11-33-12-8-23(15-33)14-19(23)17-4-6-18(7-5-17)24(25,26)27/h4-7,9-10,19H,3,8,11-15H2,1-2H3/t19-,23?/m1/s1. The van der Waals surface area contributed by atoms with Gasteiger partial charge in [-0.15, -0.1) is 10.2 Å². The van der Waals surface area contributed by atoms with Crippen LogP contribution in [0.25, 0.3) is 11.5 Å². The van der Waals surface area contributed by atoms with Gasteiger partial charge in [-0.3, -0.25) is 4.98 Å². The van der Waals surface area contributed by atoms with Crippen LogP contribution in [-0.4, -0.2) is 55.0 Å². The Hall–Kier alpha value is -2.46. The monoisotopic (exact) mass is 488 g/mol. The molecule has 10 heteroatoms. The highest BCUT2D eigenvalue weighted by atomic mass is 32.2. The minimum atomic E-state index is -4.27. The summed E-state index contributed by atoms with van der Waals surface area (Å²) in [4.78, 5) is 11.2. The summed E-state index contributed by atoms with van der Waals surface area (Å²) in [6.45, 7) is 5.02. The first kappa shape index (κ1) is 23.3. The summed E-state index contributed by atoms with van der Waals surface area (Å²) in [7, 11) is 1.95. The summed E-state index contributed by atoms with van der Waals surface area (Å²) < 4.78 is 40.5. The number of hydrogen-bond donors (Lipinski definition) is 0. The number of likely N-dealkylation sites (tertiary alicyclic amines) is 1. The highest BCUT2D eigenvalue weighted by Crippen LogP contribution is 2.64. The molecule has 180 valence electrons. The zero-order chi connectivity index (χ0) is 23.9. The number of thioether (sulfide) groups is 1. The summed E-state index contributed by atoms with van der Waals surface area (Å²) in [6, 6.07) is 5.77. The van der Waals surface area contributed by atoms with Crippen molar-refractivity contribution >= 4 is 11.8 Å². The molecule has 1 aliphatic heterocycles. The van der Waals surface area contributed by atoms with E-state index < -0.39 is 11.7 Å². The predicted molar refractivity (Wildman–Crippen MR) is 124 cm³/mol. The quantitative estimate of drug-likeness (QED) is 0.346. The molecule has 1 saturated heterocycles. The first-order valence-electron chi connectivity index (χ1n) is 11.5. The summed E-state index contributed by atoms with van der Waals surface area (Å²) in [5, 5.41) is 9.49. The van der Waals surface area contributed by atoms with E-state index in [1.807, 2.05) is 18.5 Å². The lowest BCUT2D eigenvalue weighted by atomic mass is 9.97. The zero-order valence-corrected chi connectivity index (χ0v) is 20.0. The smallest absolute Gasteiger partial charge is 0.304 e. The first-order valence-corrected chi connectivity index (χ1v) is 12.5. The van der Waals surface area contributed by atoms with E-state index >= 15 is 0 Å². The third-order valence-corrected chi connectivity index (χ3v) is 8.18. The Morgan fingerprint density at radius 2 is 1.88 bits per heavy atom. The number of halogens is 3. The van der Waals surface area contributed by atoms with E-state index in [9.17, 15) is 13.2 Å². The number of rotatable bonds is 7. The molecule has 5 rings (SSSR count). The van der Waals surface area contributed by atoms with Gasteiger partial charge in [0, 0.05) is 31.7 Å². The average molecular weight is 489 g/mol. The van der Waals surface area contributed by atoms with Crippen LogP contribution in [0.3, 0.4) is 0 Å². The molecule has 0 amide bonds. The lowest BCUT2D eigenvalue weighted by Gasteiger charge is -2.16. The van der Waals surface area contributed by atoms with Crippen molar-refractivity contribution in [1.29, 1.82) is 0 Å². The van der Waals surface area contributed by atoms with E-state index in [1.165, 1.54) is 12.1 Å². The van der Waals surface area contributed by atoms with Crippen LogP contribution >= 0.6 is 11.8 Å². The summed E-state index contributed by atoms with van der Waals surface area (Å²) in [5.41, 5.74) is 2.30. The Morgan fingerprint density at radius 1 is 1.12 bits per heavy atom. The molecule has 2 aliphatic rings. The van der Waals surface area contributed by atoms with Gasteiger partial charge in [-0.1, -0.05) is 23.9 Å². The third-order valence-electron chi connectivity index (χ3n) is 7.07. The molecule has 3 aromatic rings. The van der Waals surface area contributed by atoms with Crippen LogP contribution in [0.15, 0.2) is 41.8 Å². The molecule has 1 aromatic carbocycles. The van der Waals surface area contributed by atoms with Gasteiger partial charge in [0.25, 0.3) is 0 Å². The van der Waals surface area contributed by atoms with Crippen molar-refractivity contribution in [1.82, 2.24) is 29.6 Å². The molecule has 3 heterocycles. The lowest BCUT2D eigenvalue weighted by Crippen LogP contribution is -2.23. The highest BCUT2D eigenvalue weighted by molar-refractivity contribution is 7.99. The van der Waals surface area contributed by atoms with Gasteiger partial charge in [0.2, 0.25) is 0 Å². The maximum Gasteiger partial charge on any atom is 0.416 e. The van der Waals surface area contributed by atoms with Gasteiger partial charge < -0.3 is 9.47 Å². The van der Waals surface area contributed by atoms with Crippen molar-refractivity contribution in [2.24, 2.45) is 12.5 Å². The van der Waals surface area contributed by atoms with Crippen LogP contribution < -0.4 is 0 Å². The second kappa shape index (κ2) is 8.96. The van der Waals surface area contributed by atoms with E-state index in [4.69, 9.17) is 0 Å². The molecule has 1 saturated carbocycles. The molecule has 2 fully saturated rings. The Balaban J connectivity index is 1.09. The van der Waals surface area contributed by atoms with E-state index in [-0.39, 0.29) is 5.41 Å². The molecular weight excluding hydrogens is 461 g/mol. The van der Waals surface area contributed by atoms with Gasteiger partial charge in [0.05, 0.1) is 11.3 Å². The molecule has 2 aromatic heterocycles. The minimum Gasteiger partial charge on any atom is -0.304 e. The number of aryl methyl sites for hydroxylation is 1. The van der Waals surface area contributed by atoms with Crippen molar-refractivity contribution in [3.05, 3.63) is 53.5 Å². The molecule has 34 heavy (non-hydrogen) atoms. The summed E-state index contributed by atoms with van der Waals surface area (Å²) in [5.74, 6) is 2.05. The van der Waals surface area contributed by atoms with Crippen LogP contribution in [0.2, 0.25) is 0 Å². The fourth-order valence-electron chi connectivity index (χ4n) is 5.08. The van der Waals surface area contributed by atoms with Gasteiger partial charge in [-0.2, -0.15) is 13.2 Å². The van der Waals surface area contributed by atoms with E-state index in [0.717, 1.165) is 72.6 Å². The third kappa shape index (κ3) is 4.57. The fraction of sp³-hybridized carbons (Fsp3) is 0.500. The largest absolute Gasteiger partial charge is 0.416 e. The van der Waals surface area contributed by atoms with Gasteiger partial charge in [0.1, 0.15) is 5.69 Å². The lowest BCUT2D eigenvalue weighted by molar-refractivity contribution is -0.137. The first-order chi connectivity index (χ1) is 16.3. The number of hydrogen-bond acceptors (Lipinski definition) is 6. The molecule has 0 N–H and O–H groups in total. The molecule has 1 aliphatic carbocycles. The minimum absolute atomic E-state index is 0.250. The van der Waals surface area contributed by atoms with Crippen LogP contribution in [0, 0.1) is 12.3 Å². The van der Waals surface area contributed by atoms with Crippen molar-refractivity contribution in [2.75, 3.05) is 25.4 Å². The predicted octanol–water partition coefficient (Wildman–Crippen LogP) is 4.96. The second-order valence-electron chi connectivity index (χ2n) is 9.32. The Bertz CT molecular complexity index is 1160. The zero-order valence-electron chi connectivity index (χ0n) is 19.2. The topological polar surface area (TPSA) is 59.7 Å². The summed E-state index contributed by atoms with van der Waals surface area (Å²) >= 11 is 1.69. The normalized spacial score (nSPS) is 22.6. The SMILES string of the molecule is Cc1nccnc1-c1nnc(SCCCN2CCC3(C[C@@H]3c3ccc(C(F)(F)F)cc3)C2)n1C. The number of nitrogens with zero attached hydrogens (tertiary/aromatic N) is 6. The molecular formula is C24H27F3N6S. The van der Waals surface area contributed by atoms with Crippen LogP contribution in [0.4, 0.5) is 13.2 Å². The van der Waals surface area contributed by atoms with Crippen molar-refractivity contribution in [3.63, 3.8) is 0 Å². The Labute approximate surface area is 201 Å². The molecule has 1 unspecified atom stereocenters. The number of aromatic nitrogens is 5. The number of alkyl halides is 3. The van der Waals surface area contributed by atoms with Gasteiger partial charge in [-0.05, 0) is 68.3 Å². The van der Waals surface area contributed by atoms with E-state index in [1.54, 1.807) is 36.3 Å². The maximum absolute atomic E-state index is 12.8. The van der Waals surface area contributed by atoms with Crippen LogP contribution in [0.1, 0.15) is 42.0 Å². The molecule has 1 spiro atoms. The maximum atomic E-state index is 12.8.